The number of hydrogen-bond acceptors (Lipinski definition) is 10. The van der Waals surface area contributed by atoms with Gasteiger partial charge in [0.2, 0.25) is 0 Å². The first-order valence-corrected chi connectivity index (χ1v) is 12.2. The summed E-state index contributed by atoms with van der Waals surface area (Å²) in [5.41, 5.74) is 5.33. The molecule has 0 bridgehead atoms. The number of nitrogens with two attached hydrogens (primary N) is 1. The molecule has 0 amide bonds. The molecule has 1 rings (SSSR count). The Hall–Kier alpha value is -3.14. The van der Waals surface area contributed by atoms with Gasteiger partial charge in [0.1, 0.15) is 5.54 Å². The summed E-state index contributed by atoms with van der Waals surface area (Å²) in [6.07, 6.45) is 1.75. The van der Waals surface area contributed by atoms with E-state index < -0.39 is 41.4 Å². The van der Waals surface area contributed by atoms with Gasteiger partial charge >= 0.3 is 24.1 Å². The molecule has 0 saturated heterocycles. The van der Waals surface area contributed by atoms with E-state index in [1.807, 2.05) is 6.92 Å². The van der Waals surface area contributed by atoms with Crippen molar-refractivity contribution in [2.24, 2.45) is 17.6 Å². The SMILES string of the molecule is CCCCCOC(=O)OCC[C@@](N)(Cc1ccc(OC(=O)C(C)C)c(OC(=O)C(C)C)c1)C(=O)OC. The number of carbonyl (C=O) groups excluding carboxylic acids is 4. The Bertz CT molecular complexity index is 897. The smallest absolute Gasteiger partial charge is 0.468 e. The maximum Gasteiger partial charge on any atom is 0.508 e. The van der Waals surface area contributed by atoms with E-state index in [0.29, 0.717) is 5.56 Å². The lowest BCUT2D eigenvalue weighted by Gasteiger charge is -2.26. The predicted molar refractivity (Wildman–Crippen MR) is 131 cm³/mol. The lowest BCUT2D eigenvalue weighted by Crippen LogP contribution is -2.51. The van der Waals surface area contributed by atoms with Gasteiger partial charge < -0.3 is 29.4 Å². The van der Waals surface area contributed by atoms with Crippen LogP contribution >= 0.6 is 0 Å². The molecule has 0 heterocycles. The zero-order chi connectivity index (χ0) is 27.3. The van der Waals surface area contributed by atoms with Gasteiger partial charge in [-0.15, -0.1) is 0 Å². The molecule has 0 aromatic heterocycles. The molecule has 1 aromatic carbocycles. The fraction of sp³-hybridized carbons (Fsp3) is 0.615. The van der Waals surface area contributed by atoms with Crippen LogP contribution in [0, 0.1) is 11.8 Å². The lowest BCUT2D eigenvalue weighted by molar-refractivity contribution is -0.148. The van der Waals surface area contributed by atoms with E-state index >= 15 is 0 Å². The minimum atomic E-state index is -1.55. The van der Waals surface area contributed by atoms with Crippen molar-refractivity contribution in [2.45, 2.75) is 72.3 Å². The van der Waals surface area contributed by atoms with E-state index in [1.165, 1.54) is 19.2 Å². The molecule has 2 N–H and O–H groups in total. The van der Waals surface area contributed by atoms with Crippen LogP contribution in [0.15, 0.2) is 18.2 Å². The van der Waals surface area contributed by atoms with Crippen molar-refractivity contribution in [1.29, 1.82) is 0 Å². The molecule has 0 fully saturated rings. The summed E-state index contributed by atoms with van der Waals surface area (Å²) in [5.74, 6) is -2.45. The number of ether oxygens (including phenoxy) is 5. The minimum absolute atomic E-state index is 0.0272. The van der Waals surface area contributed by atoms with Gasteiger partial charge in [0.15, 0.2) is 11.5 Å². The standard InChI is InChI=1S/C26H39NO9/c1-7-8-9-13-33-25(31)34-14-12-26(27,24(30)32-6)16-19-10-11-20(35-22(28)17(2)3)21(15-19)36-23(29)18(4)5/h10-11,15,17-18H,7-9,12-14,16,27H2,1-6H3/t26-/m1/s1. The van der Waals surface area contributed by atoms with Crippen molar-refractivity contribution in [3.8, 4) is 11.5 Å². The Morgan fingerprint density at radius 3 is 2.03 bits per heavy atom. The molecule has 10 nitrogen and oxygen atoms in total. The van der Waals surface area contributed by atoms with Crippen LogP contribution in [0.25, 0.3) is 0 Å². The second-order valence-electron chi connectivity index (χ2n) is 9.16. The Balaban J connectivity index is 3.03. The first-order chi connectivity index (χ1) is 16.9. The van der Waals surface area contributed by atoms with Crippen molar-refractivity contribution in [3.05, 3.63) is 23.8 Å². The Morgan fingerprint density at radius 2 is 1.47 bits per heavy atom. The molecular formula is C26H39NO9. The van der Waals surface area contributed by atoms with Gasteiger partial charge in [0.05, 0.1) is 32.2 Å². The van der Waals surface area contributed by atoms with Crippen molar-refractivity contribution in [1.82, 2.24) is 0 Å². The molecule has 0 unspecified atom stereocenters. The van der Waals surface area contributed by atoms with Gasteiger partial charge in [-0.25, -0.2) is 4.79 Å². The number of carbonyl (C=O) groups is 4. The molecule has 0 spiro atoms. The topological polar surface area (TPSA) is 140 Å². The van der Waals surface area contributed by atoms with Gasteiger partial charge in [-0.1, -0.05) is 53.5 Å². The number of rotatable bonds is 14. The highest BCUT2D eigenvalue weighted by Gasteiger charge is 2.36. The van der Waals surface area contributed by atoms with Gasteiger partial charge in [0, 0.05) is 12.8 Å². The lowest BCUT2D eigenvalue weighted by atomic mass is 9.88. The van der Waals surface area contributed by atoms with Gasteiger partial charge in [-0.3, -0.25) is 14.4 Å². The summed E-state index contributed by atoms with van der Waals surface area (Å²) in [6, 6.07) is 4.56. The van der Waals surface area contributed by atoms with Crippen LogP contribution in [0.4, 0.5) is 4.79 Å². The summed E-state index contributed by atoms with van der Waals surface area (Å²) < 4.78 is 25.7. The monoisotopic (exact) mass is 509 g/mol. The third-order valence-electron chi connectivity index (χ3n) is 5.22. The highest BCUT2D eigenvalue weighted by molar-refractivity contribution is 5.81. The molecule has 202 valence electrons. The fourth-order valence-electron chi connectivity index (χ4n) is 2.97. The van der Waals surface area contributed by atoms with E-state index in [9.17, 15) is 19.2 Å². The van der Waals surface area contributed by atoms with Crippen LogP contribution in [0.5, 0.6) is 11.5 Å². The van der Waals surface area contributed by atoms with Gasteiger partial charge in [0.25, 0.3) is 0 Å². The van der Waals surface area contributed by atoms with Crippen LogP contribution in [0.1, 0.15) is 65.9 Å². The summed E-state index contributed by atoms with van der Waals surface area (Å²) in [6.45, 7) is 8.82. The highest BCUT2D eigenvalue weighted by Crippen LogP contribution is 2.31. The van der Waals surface area contributed by atoms with Gasteiger partial charge in [-0.05, 0) is 24.1 Å². The van der Waals surface area contributed by atoms with Crippen LogP contribution in [0.3, 0.4) is 0 Å². The largest absolute Gasteiger partial charge is 0.508 e. The minimum Gasteiger partial charge on any atom is -0.468 e. The van der Waals surface area contributed by atoms with Crippen molar-refractivity contribution >= 4 is 24.1 Å². The average molecular weight is 510 g/mol. The number of unbranched alkanes of at least 4 members (excludes halogenated alkanes) is 2. The number of benzene rings is 1. The molecule has 10 heteroatoms. The first-order valence-electron chi connectivity index (χ1n) is 12.2. The van der Waals surface area contributed by atoms with Crippen molar-refractivity contribution in [3.63, 3.8) is 0 Å². The zero-order valence-corrected chi connectivity index (χ0v) is 22.1. The second-order valence-corrected chi connectivity index (χ2v) is 9.16. The molecular weight excluding hydrogens is 470 g/mol. The van der Waals surface area contributed by atoms with Gasteiger partial charge in [-0.2, -0.15) is 0 Å². The Labute approximate surface area is 212 Å². The van der Waals surface area contributed by atoms with E-state index in [0.717, 1.165) is 19.3 Å². The predicted octanol–water partition coefficient (Wildman–Crippen LogP) is 3.96. The molecule has 0 aliphatic heterocycles. The molecule has 0 saturated carbocycles. The number of hydrogen-bond donors (Lipinski definition) is 1. The molecule has 0 radical (unpaired) electrons. The third-order valence-corrected chi connectivity index (χ3v) is 5.22. The van der Waals surface area contributed by atoms with E-state index in [-0.39, 0.29) is 37.6 Å². The average Bonchev–Trinajstić information content (AvgIpc) is 2.82. The van der Waals surface area contributed by atoms with E-state index in [1.54, 1.807) is 33.8 Å². The normalized spacial score (nSPS) is 12.6. The van der Waals surface area contributed by atoms with E-state index in [4.69, 9.17) is 29.4 Å². The molecule has 1 atom stereocenters. The summed E-state index contributed by atoms with van der Waals surface area (Å²) in [7, 11) is 1.21. The van der Waals surface area contributed by atoms with Crippen LogP contribution in [-0.4, -0.2) is 49.9 Å². The van der Waals surface area contributed by atoms with Crippen molar-refractivity contribution in [2.75, 3.05) is 20.3 Å². The summed E-state index contributed by atoms with van der Waals surface area (Å²) in [4.78, 5) is 48.6. The first kappa shape index (κ1) is 30.9. The van der Waals surface area contributed by atoms with Crippen molar-refractivity contribution < 1.29 is 42.9 Å². The maximum atomic E-state index is 12.5. The summed E-state index contributed by atoms with van der Waals surface area (Å²) in [5, 5.41) is 0. The fourth-order valence-corrected chi connectivity index (χ4v) is 2.97. The quantitative estimate of drug-likeness (QED) is 0.223. The molecule has 0 aliphatic carbocycles. The van der Waals surface area contributed by atoms with Crippen LogP contribution < -0.4 is 15.2 Å². The second kappa shape index (κ2) is 15.1. The number of esters is 3. The molecule has 36 heavy (non-hydrogen) atoms. The third kappa shape index (κ3) is 10.2. The Morgan fingerprint density at radius 1 is 0.889 bits per heavy atom. The molecule has 0 aliphatic rings. The molecule has 1 aromatic rings. The zero-order valence-electron chi connectivity index (χ0n) is 22.1. The van der Waals surface area contributed by atoms with Crippen LogP contribution in [0.2, 0.25) is 0 Å². The summed E-state index contributed by atoms with van der Waals surface area (Å²) >= 11 is 0. The maximum absolute atomic E-state index is 12.5. The number of methoxy groups -OCH3 is 1. The highest BCUT2D eigenvalue weighted by atomic mass is 16.7. The van der Waals surface area contributed by atoms with E-state index in [2.05, 4.69) is 0 Å². The van der Waals surface area contributed by atoms with Crippen LogP contribution in [-0.2, 0) is 35.0 Å². The Kier molecular flexibility index (Phi) is 12.9.